The van der Waals surface area contributed by atoms with Crippen molar-refractivity contribution in [3.8, 4) is 5.75 Å². The average Bonchev–Trinajstić information content (AvgIpc) is 2.39. The van der Waals surface area contributed by atoms with Crippen molar-refractivity contribution >= 4 is 17.6 Å². The van der Waals surface area contributed by atoms with Gasteiger partial charge in [0, 0.05) is 6.20 Å². The van der Waals surface area contributed by atoms with Gasteiger partial charge >= 0.3 is 0 Å². The van der Waals surface area contributed by atoms with Crippen LogP contribution < -0.4 is 10.5 Å². The fourth-order valence-corrected chi connectivity index (χ4v) is 2.19. The van der Waals surface area contributed by atoms with Gasteiger partial charge in [-0.15, -0.1) is 0 Å². The van der Waals surface area contributed by atoms with E-state index in [9.17, 15) is 0 Å². The summed E-state index contributed by atoms with van der Waals surface area (Å²) in [6, 6.07) is 9.22. The molecule has 92 valence electrons. The summed E-state index contributed by atoms with van der Waals surface area (Å²) < 4.78 is 5.25. The first-order valence-corrected chi connectivity index (χ1v) is 6.00. The fourth-order valence-electron chi connectivity index (χ4n) is 1.34. The number of para-hydroxylation sites is 1. The third-order valence-electron chi connectivity index (χ3n) is 2.18. The molecule has 3 N–H and O–H groups in total. The number of methoxy groups -OCH3 is 1. The predicted molar refractivity (Wildman–Crippen MR) is 70.2 cm³/mol. The van der Waals surface area contributed by atoms with Crippen LogP contribution >= 0.6 is 11.8 Å². The van der Waals surface area contributed by atoms with Crippen molar-refractivity contribution in [2.75, 3.05) is 7.11 Å². The SMILES string of the molecule is COc1ccccc1Sc1nccc(C(=N)N)n1. The first-order valence-electron chi connectivity index (χ1n) is 5.19. The Kier molecular flexibility index (Phi) is 3.78. The Bertz CT molecular complexity index is 574. The summed E-state index contributed by atoms with van der Waals surface area (Å²) in [5, 5.41) is 7.88. The minimum Gasteiger partial charge on any atom is -0.496 e. The van der Waals surface area contributed by atoms with Crippen molar-refractivity contribution in [1.29, 1.82) is 5.41 Å². The van der Waals surface area contributed by atoms with Gasteiger partial charge in [0.15, 0.2) is 5.16 Å². The highest BCUT2D eigenvalue weighted by molar-refractivity contribution is 7.99. The topological polar surface area (TPSA) is 84.9 Å². The monoisotopic (exact) mass is 260 g/mol. The Hall–Kier alpha value is -2.08. The van der Waals surface area contributed by atoms with Crippen molar-refractivity contribution in [3.63, 3.8) is 0 Å². The third-order valence-corrected chi connectivity index (χ3v) is 3.12. The summed E-state index contributed by atoms with van der Waals surface area (Å²) in [5.74, 6) is 0.693. The molecule has 1 aromatic heterocycles. The zero-order chi connectivity index (χ0) is 13.0. The molecule has 5 nitrogen and oxygen atoms in total. The van der Waals surface area contributed by atoms with Crippen LogP contribution in [0.1, 0.15) is 5.69 Å². The number of hydrogen-bond donors (Lipinski definition) is 2. The molecule has 2 rings (SSSR count). The van der Waals surface area contributed by atoms with Gasteiger partial charge in [-0.2, -0.15) is 0 Å². The molecule has 0 aliphatic carbocycles. The summed E-state index contributed by atoms with van der Waals surface area (Å²) in [6.45, 7) is 0. The molecular formula is C12H12N4OS. The molecule has 18 heavy (non-hydrogen) atoms. The van der Waals surface area contributed by atoms with Gasteiger partial charge in [-0.05, 0) is 30.0 Å². The van der Waals surface area contributed by atoms with Gasteiger partial charge in [-0.3, -0.25) is 5.41 Å². The summed E-state index contributed by atoms with van der Waals surface area (Å²) in [7, 11) is 1.62. The average molecular weight is 260 g/mol. The number of nitrogens with two attached hydrogens (primary N) is 1. The van der Waals surface area contributed by atoms with Crippen molar-refractivity contribution in [2.24, 2.45) is 5.73 Å². The van der Waals surface area contributed by atoms with E-state index in [1.807, 2.05) is 24.3 Å². The Morgan fingerprint density at radius 2 is 2.11 bits per heavy atom. The molecular weight excluding hydrogens is 248 g/mol. The van der Waals surface area contributed by atoms with Crippen LogP contribution in [-0.2, 0) is 0 Å². The minimum atomic E-state index is -0.0701. The van der Waals surface area contributed by atoms with E-state index in [0.29, 0.717) is 10.9 Å². The van der Waals surface area contributed by atoms with Gasteiger partial charge in [-0.25, -0.2) is 9.97 Å². The minimum absolute atomic E-state index is 0.0701. The van der Waals surface area contributed by atoms with Gasteiger partial charge in [0.25, 0.3) is 0 Å². The maximum atomic E-state index is 7.34. The number of benzene rings is 1. The number of rotatable bonds is 4. The highest BCUT2D eigenvalue weighted by Crippen LogP contribution is 2.32. The number of nitrogens with zero attached hydrogens (tertiary/aromatic N) is 2. The molecule has 0 fully saturated rings. The zero-order valence-electron chi connectivity index (χ0n) is 9.75. The largest absolute Gasteiger partial charge is 0.496 e. The van der Waals surface area contributed by atoms with Crippen LogP contribution in [0.3, 0.4) is 0 Å². The molecule has 0 unspecified atom stereocenters. The number of ether oxygens (including phenoxy) is 1. The third kappa shape index (κ3) is 2.78. The summed E-state index contributed by atoms with van der Waals surface area (Å²) >= 11 is 1.37. The highest BCUT2D eigenvalue weighted by Gasteiger charge is 2.07. The lowest BCUT2D eigenvalue weighted by Crippen LogP contribution is -2.13. The quantitative estimate of drug-likeness (QED) is 0.498. The van der Waals surface area contributed by atoms with Gasteiger partial charge in [0.1, 0.15) is 17.3 Å². The molecule has 0 aliphatic heterocycles. The Labute approximate surface area is 109 Å². The zero-order valence-corrected chi connectivity index (χ0v) is 10.6. The van der Waals surface area contributed by atoms with E-state index in [0.717, 1.165) is 10.6 Å². The Morgan fingerprint density at radius 3 is 2.83 bits per heavy atom. The standard InChI is InChI=1S/C12H12N4OS/c1-17-9-4-2-3-5-10(9)18-12-15-7-6-8(16-12)11(13)14/h2-7H,1H3,(H3,13,14). The normalized spacial score (nSPS) is 10.1. The van der Waals surface area contributed by atoms with Crippen molar-refractivity contribution < 1.29 is 4.74 Å². The summed E-state index contributed by atoms with van der Waals surface area (Å²) in [5.41, 5.74) is 5.81. The number of hydrogen-bond acceptors (Lipinski definition) is 5. The number of nitrogens with one attached hydrogen (secondary N) is 1. The van der Waals surface area contributed by atoms with Crippen LogP contribution in [0.5, 0.6) is 5.75 Å². The van der Waals surface area contributed by atoms with Gasteiger partial charge in [-0.1, -0.05) is 12.1 Å². The van der Waals surface area contributed by atoms with E-state index in [1.165, 1.54) is 11.8 Å². The van der Waals surface area contributed by atoms with Crippen LogP contribution in [0, 0.1) is 5.41 Å². The van der Waals surface area contributed by atoms with E-state index < -0.39 is 0 Å². The summed E-state index contributed by atoms with van der Waals surface area (Å²) in [6.07, 6.45) is 1.58. The Balaban J connectivity index is 2.28. The first kappa shape index (κ1) is 12.4. The predicted octanol–water partition coefficient (Wildman–Crippen LogP) is 1.92. The number of amidine groups is 1. The molecule has 2 aromatic rings. The Morgan fingerprint density at radius 1 is 1.33 bits per heavy atom. The van der Waals surface area contributed by atoms with Gasteiger partial charge in [0.2, 0.25) is 0 Å². The lowest BCUT2D eigenvalue weighted by molar-refractivity contribution is 0.405. The van der Waals surface area contributed by atoms with Crippen molar-refractivity contribution in [2.45, 2.75) is 10.1 Å². The maximum Gasteiger partial charge on any atom is 0.193 e. The second-order valence-corrected chi connectivity index (χ2v) is 4.40. The van der Waals surface area contributed by atoms with Crippen molar-refractivity contribution in [1.82, 2.24) is 9.97 Å². The van der Waals surface area contributed by atoms with E-state index in [-0.39, 0.29) is 5.84 Å². The second-order valence-electron chi connectivity index (χ2n) is 3.39. The molecule has 0 bridgehead atoms. The van der Waals surface area contributed by atoms with Gasteiger partial charge in [0.05, 0.1) is 12.0 Å². The van der Waals surface area contributed by atoms with E-state index in [2.05, 4.69) is 9.97 Å². The smallest absolute Gasteiger partial charge is 0.193 e. The van der Waals surface area contributed by atoms with E-state index in [1.54, 1.807) is 19.4 Å². The molecule has 0 spiro atoms. The lowest BCUT2D eigenvalue weighted by atomic mass is 10.3. The van der Waals surface area contributed by atoms with Crippen LogP contribution in [0.2, 0.25) is 0 Å². The van der Waals surface area contributed by atoms with Crippen molar-refractivity contribution in [3.05, 3.63) is 42.2 Å². The lowest BCUT2D eigenvalue weighted by Gasteiger charge is -2.06. The van der Waals surface area contributed by atoms with Gasteiger partial charge < -0.3 is 10.5 Å². The van der Waals surface area contributed by atoms with Crippen LogP contribution in [0.15, 0.2) is 46.6 Å². The summed E-state index contributed by atoms with van der Waals surface area (Å²) in [4.78, 5) is 9.24. The molecule has 0 atom stereocenters. The molecule has 1 heterocycles. The van der Waals surface area contributed by atoms with Crippen LogP contribution in [0.4, 0.5) is 0 Å². The van der Waals surface area contributed by atoms with E-state index in [4.69, 9.17) is 15.9 Å². The van der Waals surface area contributed by atoms with Crippen LogP contribution in [0.25, 0.3) is 0 Å². The second kappa shape index (κ2) is 5.50. The molecule has 1 aromatic carbocycles. The number of nitrogen functional groups attached to an aromatic ring is 1. The van der Waals surface area contributed by atoms with Crippen LogP contribution in [-0.4, -0.2) is 22.9 Å². The molecule has 0 saturated carbocycles. The molecule has 0 radical (unpaired) electrons. The molecule has 0 amide bonds. The first-order chi connectivity index (χ1) is 8.70. The molecule has 0 saturated heterocycles. The molecule has 6 heteroatoms. The fraction of sp³-hybridized carbons (Fsp3) is 0.0833. The maximum absolute atomic E-state index is 7.34. The van der Waals surface area contributed by atoms with E-state index >= 15 is 0 Å². The molecule has 0 aliphatic rings. The highest BCUT2D eigenvalue weighted by atomic mass is 32.2. The number of aromatic nitrogens is 2.